The lowest BCUT2D eigenvalue weighted by molar-refractivity contribution is 0.199. The van der Waals surface area contributed by atoms with Crippen molar-refractivity contribution in [3.63, 3.8) is 0 Å². The van der Waals surface area contributed by atoms with Crippen LogP contribution in [0.3, 0.4) is 0 Å². The molecule has 16 heavy (non-hydrogen) atoms. The van der Waals surface area contributed by atoms with Gasteiger partial charge in [-0.3, -0.25) is 5.10 Å². The van der Waals surface area contributed by atoms with Crippen LogP contribution in [0, 0.1) is 18.6 Å². The Labute approximate surface area is 90.0 Å². The summed E-state index contributed by atoms with van der Waals surface area (Å²) in [6.07, 6.45) is -0.327. The fourth-order valence-corrected chi connectivity index (χ4v) is 1.41. The van der Waals surface area contributed by atoms with E-state index in [1.54, 1.807) is 0 Å². The summed E-state index contributed by atoms with van der Waals surface area (Å²) >= 11 is 0. The molecule has 0 saturated carbocycles. The fourth-order valence-electron chi connectivity index (χ4n) is 1.41. The monoisotopic (exact) mass is 225 g/mol. The van der Waals surface area contributed by atoms with Crippen molar-refractivity contribution in [2.24, 2.45) is 0 Å². The lowest BCUT2D eigenvalue weighted by Gasteiger charge is -2.11. The minimum atomic E-state index is -1.48. The lowest BCUT2D eigenvalue weighted by Crippen LogP contribution is -2.08. The van der Waals surface area contributed by atoms with Crippen LogP contribution in [0.1, 0.15) is 23.1 Å². The van der Waals surface area contributed by atoms with Crippen molar-refractivity contribution in [2.75, 3.05) is 0 Å². The Bertz CT molecular complexity index is 499. The van der Waals surface area contributed by atoms with Crippen molar-refractivity contribution in [1.29, 1.82) is 0 Å². The highest BCUT2D eigenvalue weighted by Crippen LogP contribution is 2.26. The van der Waals surface area contributed by atoms with Crippen LogP contribution in [0.15, 0.2) is 18.5 Å². The van der Waals surface area contributed by atoms with Crippen molar-refractivity contribution in [1.82, 2.24) is 15.2 Å². The molecule has 0 bridgehead atoms. The van der Waals surface area contributed by atoms with Gasteiger partial charge in [-0.15, -0.1) is 0 Å². The third kappa shape index (κ3) is 1.67. The van der Waals surface area contributed by atoms with Crippen molar-refractivity contribution < 1.29 is 13.9 Å². The van der Waals surface area contributed by atoms with Gasteiger partial charge in [0.25, 0.3) is 0 Å². The number of rotatable bonds is 2. The first-order valence-corrected chi connectivity index (χ1v) is 4.59. The standard InChI is InChI=1S/C10H9F2N3O/c1-5-2-3-6(11)7(8(5)12)9(16)10-13-4-14-15-10/h2-4,9,16H,1H3,(H,13,14,15). The van der Waals surface area contributed by atoms with Gasteiger partial charge in [0.2, 0.25) is 0 Å². The molecule has 84 valence electrons. The van der Waals surface area contributed by atoms with E-state index in [2.05, 4.69) is 15.2 Å². The van der Waals surface area contributed by atoms with E-state index in [-0.39, 0.29) is 11.4 Å². The maximum atomic E-state index is 13.6. The summed E-state index contributed by atoms with van der Waals surface area (Å²) < 4.78 is 27.1. The number of H-pyrrole nitrogens is 1. The lowest BCUT2D eigenvalue weighted by atomic mass is 10.0. The number of halogens is 2. The quantitative estimate of drug-likeness (QED) is 0.813. The summed E-state index contributed by atoms with van der Waals surface area (Å²) in [6.45, 7) is 1.49. The zero-order valence-corrected chi connectivity index (χ0v) is 8.41. The maximum Gasteiger partial charge on any atom is 0.157 e. The predicted molar refractivity (Wildman–Crippen MR) is 51.5 cm³/mol. The van der Waals surface area contributed by atoms with Gasteiger partial charge in [-0.1, -0.05) is 6.07 Å². The average Bonchev–Trinajstić information content (AvgIpc) is 2.77. The van der Waals surface area contributed by atoms with Crippen LogP contribution >= 0.6 is 0 Å². The van der Waals surface area contributed by atoms with Gasteiger partial charge in [-0.25, -0.2) is 13.8 Å². The minimum absolute atomic E-state index is 0.00315. The first-order valence-electron chi connectivity index (χ1n) is 4.59. The SMILES string of the molecule is Cc1ccc(F)c(C(O)c2ncn[nH]2)c1F. The molecule has 0 amide bonds. The smallest absolute Gasteiger partial charge is 0.157 e. The fraction of sp³-hybridized carbons (Fsp3) is 0.200. The molecule has 1 aromatic heterocycles. The molecule has 1 unspecified atom stereocenters. The third-order valence-corrected chi connectivity index (χ3v) is 2.29. The highest BCUT2D eigenvalue weighted by atomic mass is 19.1. The summed E-state index contributed by atoms with van der Waals surface area (Å²) in [6, 6.07) is 2.41. The summed E-state index contributed by atoms with van der Waals surface area (Å²) in [5.74, 6) is -1.58. The molecular weight excluding hydrogens is 216 g/mol. The molecule has 1 heterocycles. The highest BCUT2D eigenvalue weighted by molar-refractivity contribution is 5.30. The summed E-state index contributed by atoms with van der Waals surface area (Å²) in [5.41, 5.74) is -0.160. The second-order valence-corrected chi connectivity index (χ2v) is 3.37. The van der Waals surface area contributed by atoms with Crippen LogP contribution in [0.5, 0.6) is 0 Å². The maximum absolute atomic E-state index is 13.6. The van der Waals surface area contributed by atoms with E-state index in [0.717, 1.165) is 12.4 Å². The highest BCUT2D eigenvalue weighted by Gasteiger charge is 2.22. The molecule has 1 aromatic carbocycles. The second-order valence-electron chi connectivity index (χ2n) is 3.37. The number of hydrogen-bond donors (Lipinski definition) is 2. The number of aromatic nitrogens is 3. The van der Waals surface area contributed by atoms with Crippen molar-refractivity contribution in [3.05, 3.63) is 47.0 Å². The van der Waals surface area contributed by atoms with Crippen molar-refractivity contribution in [3.8, 4) is 0 Å². The molecule has 1 atom stereocenters. The van der Waals surface area contributed by atoms with E-state index >= 15 is 0 Å². The number of aliphatic hydroxyl groups excluding tert-OH is 1. The third-order valence-electron chi connectivity index (χ3n) is 2.29. The number of aryl methyl sites for hydroxylation is 1. The number of aliphatic hydroxyl groups is 1. The van der Waals surface area contributed by atoms with Crippen LogP contribution in [0.25, 0.3) is 0 Å². The first-order chi connectivity index (χ1) is 7.61. The molecule has 0 fully saturated rings. The molecule has 0 aliphatic rings. The van der Waals surface area contributed by atoms with Gasteiger partial charge in [0.05, 0.1) is 5.56 Å². The van der Waals surface area contributed by atoms with Gasteiger partial charge >= 0.3 is 0 Å². The molecule has 2 N–H and O–H groups in total. The second kappa shape index (κ2) is 3.97. The van der Waals surface area contributed by atoms with E-state index in [4.69, 9.17) is 0 Å². The van der Waals surface area contributed by atoms with E-state index in [1.165, 1.54) is 13.0 Å². The Hall–Kier alpha value is -1.82. The topological polar surface area (TPSA) is 61.8 Å². The van der Waals surface area contributed by atoms with Crippen LogP contribution in [-0.4, -0.2) is 20.3 Å². The van der Waals surface area contributed by atoms with Gasteiger partial charge in [-0.05, 0) is 18.6 Å². The molecule has 0 aliphatic carbocycles. The molecule has 0 saturated heterocycles. The number of nitrogens with zero attached hydrogens (tertiary/aromatic N) is 2. The molecule has 0 radical (unpaired) electrons. The van der Waals surface area contributed by atoms with Crippen molar-refractivity contribution >= 4 is 0 Å². The normalized spacial score (nSPS) is 12.8. The molecule has 2 rings (SSSR count). The molecule has 4 nitrogen and oxygen atoms in total. The molecule has 6 heteroatoms. The predicted octanol–water partition coefficient (Wildman–Crippen LogP) is 1.47. The van der Waals surface area contributed by atoms with Crippen LogP contribution < -0.4 is 0 Å². The summed E-state index contributed by atoms with van der Waals surface area (Å²) in [4.78, 5) is 3.65. The van der Waals surface area contributed by atoms with Gasteiger partial charge < -0.3 is 5.11 Å². The summed E-state index contributed by atoms with van der Waals surface area (Å²) in [5, 5.41) is 15.6. The van der Waals surface area contributed by atoms with Crippen LogP contribution in [-0.2, 0) is 0 Å². The molecular formula is C10H9F2N3O. The van der Waals surface area contributed by atoms with Gasteiger partial charge in [0.15, 0.2) is 5.82 Å². The van der Waals surface area contributed by atoms with Crippen LogP contribution in [0.2, 0.25) is 0 Å². The number of benzene rings is 1. The Morgan fingerprint density at radius 1 is 1.38 bits per heavy atom. The number of hydrogen-bond acceptors (Lipinski definition) is 3. The summed E-state index contributed by atoms with van der Waals surface area (Å²) in [7, 11) is 0. The first kappa shape index (κ1) is 10.7. The van der Waals surface area contributed by atoms with Crippen molar-refractivity contribution in [2.45, 2.75) is 13.0 Å². The van der Waals surface area contributed by atoms with Gasteiger partial charge in [-0.2, -0.15) is 5.10 Å². The molecule has 0 spiro atoms. The Morgan fingerprint density at radius 3 is 2.75 bits per heavy atom. The number of nitrogens with one attached hydrogen (secondary N) is 1. The minimum Gasteiger partial charge on any atom is -0.380 e. The van der Waals surface area contributed by atoms with Gasteiger partial charge in [0.1, 0.15) is 24.1 Å². The molecule has 0 aliphatic heterocycles. The zero-order chi connectivity index (χ0) is 11.7. The Kier molecular flexibility index (Phi) is 2.66. The van der Waals surface area contributed by atoms with E-state index < -0.39 is 23.3 Å². The Balaban J connectivity index is 2.52. The van der Waals surface area contributed by atoms with E-state index in [9.17, 15) is 13.9 Å². The van der Waals surface area contributed by atoms with Crippen LogP contribution in [0.4, 0.5) is 8.78 Å². The average molecular weight is 225 g/mol. The molecule has 2 aromatic rings. The number of aromatic amines is 1. The Morgan fingerprint density at radius 2 is 2.12 bits per heavy atom. The van der Waals surface area contributed by atoms with Gasteiger partial charge in [0, 0.05) is 0 Å². The van der Waals surface area contributed by atoms with E-state index in [0.29, 0.717) is 0 Å². The zero-order valence-electron chi connectivity index (χ0n) is 8.41. The van der Waals surface area contributed by atoms with E-state index in [1.807, 2.05) is 0 Å². The largest absolute Gasteiger partial charge is 0.380 e.